The van der Waals surface area contributed by atoms with E-state index in [0.29, 0.717) is 11.4 Å². The molecule has 0 heterocycles. The van der Waals surface area contributed by atoms with Gasteiger partial charge in [0.15, 0.2) is 6.61 Å². The van der Waals surface area contributed by atoms with E-state index in [1.165, 1.54) is 18.2 Å². The fraction of sp³-hybridized carbons (Fsp3) is 0.333. The van der Waals surface area contributed by atoms with Crippen molar-refractivity contribution in [3.8, 4) is 0 Å². The standard InChI is InChI=1S/C21H23N3O5/c1-12-8-13(2)20(14(3)9-12)23-19(25)11-29-21(26)15-4-7-17(22-16-5-6-16)18(10-15)24(27)28/h4,7-10,16,22H,5-6,11H2,1-3H3,(H,23,25). The maximum atomic E-state index is 12.3. The van der Waals surface area contributed by atoms with Gasteiger partial charge in [-0.05, 0) is 56.9 Å². The number of anilines is 2. The van der Waals surface area contributed by atoms with Crippen LogP contribution in [0.4, 0.5) is 17.1 Å². The number of aryl methyl sites for hydroxylation is 3. The Morgan fingerprint density at radius 1 is 1.14 bits per heavy atom. The summed E-state index contributed by atoms with van der Waals surface area (Å²) >= 11 is 0. The van der Waals surface area contributed by atoms with Gasteiger partial charge < -0.3 is 15.4 Å². The van der Waals surface area contributed by atoms with Gasteiger partial charge in [-0.15, -0.1) is 0 Å². The second-order valence-corrected chi connectivity index (χ2v) is 7.31. The van der Waals surface area contributed by atoms with Crippen LogP contribution < -0.4 is 10.6 Å². The molecule has 29 heavy (non-hydrogen) atoms. The molecule has 2 aromatic rings. The van der Waals surface area contributed by atoms with E-state index < -0.39 is 23.4 Å². The van der Waals surface area contributed by atoms with E-state index in [9.17, 15) is 19.7 Å². The summed E-state index contributed by atoms with van der Waals surface area (Å²) < 4.78 is 5.04. The highest BCUT2D eigenvalue weighted by atomic mass is 16.6. The zero-order valence-corrected chi connectivity index (χ0v) is 16.6. The second-order valence-electron chi connectivity index (χ2n) is 7.31. The van der Waals surface area contributed by atoms with E-state index in [2.05, 4.69) is 10.6 Å². The lowest BCUT2D eigenvalue weighted by Gasteiger charge is -2.13. The lowest BCUT2D eigenvalue weighted by molar-refractivity contribution is -0.384. The van der Waals surface area contributed by atoms with Crippen LogP contribution in [0.2, 0.25) is 0 Å². The second kappa shape index (κ2) is 8.30. The molecule has 0 radical (unpaired) electrons. The molecule has 8 heteroatoms. The average Bonchev–Trinajstić information content (AvgIpc) is 3.46. The van der Waals surface area contributed by atoms with Crippen LogP contribution in [-0.2, 0) is 9.53 Å². The molecule has 152 valence electrons. The molecule has 2 N–H and O–H groups in total. The highest BCUT2D eigenvalue weighted by Crippen LogP contribution is 2.31. The molecule has 0 spiro atoms. The third-order valence-electron chi connectivity index (χ3n) is 4.64. The number of esters is 1. The fourth-order valence-electron chi connectivity index (χ4n) is 3.15. The number of rotatable bonds is 7. The van der Waals surface area contributed by atoms with E-state index in [4.69, 9.17) is 4.74 Å². The van der Waals surface area contributed by atoms with E-state index in [-0.39, 0.29) is 17.3 Å². The van der Waals surface area contributed by atoms with Gasteiger partial charge in [-0.3, -0.25) is 14.9 Å². The number of carbonyl (C=O) groups excluding carboxylic acids is 2. The minimum Gasteiger partial charge on any atom is -0.452 e. The first-order chi connectivity index (χ1) is 13.7. The van der Waals surface area contributed by atoms with Crippen molar-refractivity contribution in [3.63, 3.8) is 0 Å². The summed E-state index contributed by atoms with van der Waals surface area (Å²) in [6.45, 7) is 5.26. The maximum Gasteiger partial charge on any atom is 0.338 e. The quantitative estimate of drug-likeness (QED) is 0.417. The van der Waals surface area contributed by atoms with Crippen molar-refractivity contribution >= 4 is 28.9 Å². The maximum absolute atomic E-state index is 12.3. The van der Waals surface area contributed by atoms with Gasteiger partial charge in [-0.25, -0.2) is 4.79 Å². The Kier molecular flexibility index (Phi) is 5.81. The number of carbonyl (C=O) groups is 2. The zero-order chi connectivity index (χ0) is 21.1. The summed E-state index contributed by atoms with van der Waals surface area (Å²) in [5.41, 5.74) is 3.80. The summed E-state index contributed by atoms with van der Waals surface area (Å²) in [4.78, 5) is 35.2. The van der Waals surface area contributed by atoms with Gasteiger partial charge in [0.25, 0.3) is 11.6 Å². The number of nitro benzene ring substituents is 1. The molecule has 0 atom stereocenters. The number of nitrogens with one attached hydrogen (secondary N) is 2. The van der Waals surface area contributed by atoms with Gasteiger partial charge in [0, 0.05) is 17.8 Å². The van der Waals surface area contributed by atoms with Crippen molar-refractivity contribution in [1.29, 1.82) is 0 Å². The molecule has 1 saturated carbocycles. The number of nitro groups is 1. The van der Waals surface area contributed by atoms with Crippen molar-refractivity contribution in [3.05, 3.63) is 62.7 Å². The summed E-state index contributed by atoms with van der Waals surface area (Å²) in [7, 11) is 0. The summed E-state index contributed by atoms with van der Waals surface area (Å²) in [5.74, 6) is -1.27. The molecule has 0 unspecified atom stereocenters. The van der Waals surface area contributed by atoms with Crippen LogP contribution in [0.15, 0.2) is 30.3 Å². The van der Waals surface area contributed by atoms with Crippen LogP contribution in [0, 0.1) is 30.9 Å². The highest BCUT2D eigenvalue weighted by molar-refractivity contribution is 5.97. The largest absolute Gasteiger partial charge is 0.452 e. The van der Waals surface area contributed by atoms with Crippen LogP contribution in [-0.4, -0.2) is 29.4 Å². The van der Waals surface area contributed by atoms with Crippen molar-refractivity contribution in [2.45, 2.75) is 39.7 Å². The monoisotopic (exact) mass is 397 g/mol. The van der Waals surface area contributed by atoms with Gasteiger partial charge in [0.05, 0.1) is 10.5 Å². The summed E-state index contributed by atoms with van der Waals surface area (Å²) in [6, 6.07) is 8.25. The molecule has 0 bridgehead atoms. The molecule has 0 aliphatic heterocycles. The lowest BCUT2D eigenvalue weighted by atomic mass is 10.1. The topological polar surface area (TPSA) is 111 Å². The first-order valence-corrected chi connectivity index (χ1v) is 9.34. The number of ether oxygens (including phenoxy) is 1. The average molecular weight is 397 g/mol. The molecule has 1 aliphatic carbocycles. The number of amides is 1. The first-order valence-electron chi connectivity index (χ1n) is 9.34. The highest BCUT2D eigenvalue weighted by Gasteiger charge is 2.26. The Hall–Kier alpha value is -3.42. The predicted octanol–water partition coefficient (Wildman–Crippen LogP) is 3.89. The number of nitrogens with zero attached hydrogens (tertiary/aromatic N) is 1. The smallest absolute Gasteiger partial charge is 0.338 e. The molecule has 1 aliphatic rings. The lowest BCUT2D eigenvalue weighted by Crippen LogP contribution is -2.22. The molecule has 0 saturated heterocycles. The molecule has 1 amide bonds. The van der Waals surface area contributed by atoms with Crippen molar-refractivity contribution in [2.24, 2.45) is 0 Å². The van der Waals surface area contributed by atoms with E-state index >= 15 is 0 Å². The van der Waals surface area contributed by atoms with Crippen molar-refractivity contribution in [1.82, 2.24) is 0 Å². The van der Waals surface area contributed by atoms with Gasteiger partial charge in [-0.1, -0.05) is 17.7 Å². The van der Waals surface area contributed by atoms with E-state index in [1.807, 2.05) is 32.9 Å². The summed E-state index contributed by atoms with van der Waals surface area (Å²) in [6.07, 6.45) is 1.94. The van der Waals surface area contributed by atoms with Crippen LogP contribution in [0.25, 0.3) is 0 Å². The fourth-order valence-corrected chi connectivity index (χ4v) is 3.15. The minimum atomic E-state index is -0.793. The Morgan fingerprint density at radius 3 is 2.38 bits per heavy atom. The molecular formula is C21H23N3O5. The number of benzene rings is 2. The van der Waals surface area contributed by atoms with Gasteiger partial charge in [-0.2, -0.15) is 0 Å². The van der Waals surface area contributed by atoms with Crippen LogP contribution in [0.5, 0.6) is 0 Å². The number of hydrogen-bond donors (Lipinski definition) is 2. The van der Waals surface area contributed by atoms with Crippen LogP contribution in [0.3, 0.4) is 0 Å². The van der Waals surface area contributed by atoms with Crippen molar-refractivity contribution < 1.29 is 19.2 Å². The third-order valence-corrected chi connectivity index (χ3v) is 4.64. The Morgan fingerprint density at radius 2 is 1.79 bits per heavy atom. The van der Waals surface area contributed by atoms with Gasteiger partial charge in [0.2, 0.25) is 0 Å². The van der Waals surface area contributed by atoms with Gasteiger partial charge >= 0.3 is 5.97 Å². The van der Waals surface area contributed by atoms with E-state index in [1.54, 1.807) is 0 Å². The van der Waals surface area contributed by atoms with Crippen LogP contribution in [0.1, 0.15) is 39.9 Å². The van der Waals surface area contributed by atoms with Crippen molar-refractivity contribution in [2.75, 3.05) is 17.2 Å². The Balaban J connectivity index is 1.63. The molecule has 8 nitrogen and oxygen atoms in total. The predicted molar refractivity (Wildman–Crippen MR) is 109 cm³/mol. The molecule has 2 aromatic carbocycles. The summed E-state index contributed by atoms with van der Waals surface area (Å²) in [5, 5.41) is 17.1. The Bertz CT molecular complexity index is 959. The molecular weight excluding hydrogens is 374 g/mol. The number of hydrogen-bond acceptors (Lipinski definition) is 6. The normalized spacial score (nSPS) is 12.9. The molecule has 3 rings (SSSR count). The van der Waals surface area contributed by atoms with Crippen LogP contribution >= 0.6 is 0 Å². The minimum absolute atomic E-state index is 0.0218. The third kappa shape index (κ3) is 5.10. The SMILES string of the molecule is Cc1cc(C)c(NC(=O)COC(=O)c2ccc(NC3CC3)c([N+](=O)[O-])c2)c(C)c1. The molecule has 0 aromatic heterocycles. The zero-order valence-electron chi connectivity index (χ0n) is 16.6. The Labute approximate surface area is 168 Å². The molecule has 1 fully saturated rings. The van der Waals surface area contributed by atoms with E-state index in [0.717, 1.165) is 29.5 Å². The van der Waals surface area contributed by atoms with Gasteiger partial charge in [0.1, 0.15) is 5.69 Å². The first kappa shape index (κ1) is 20.3.